The normalized spacial score (nSPS) is 14.8. The maximum Gasteiger partial charge on any atom is 0.253 e. The number of ether oxygens (including phenoxy) is 1. The third-order valence-electron chi connectivity index (χ3n) is 5.08. The lowest BCUT2D eigenvalue weighted by Crippen LogP contribution is -2.49. The van der Waals surface area contributed by atoms with Crippen LogP contribution < -0.4 is 16.2 Å². The molecule has 1 aromatic heterocycles. The molecule has 2 heterocycles. The molecule has 4 N–H and O–H groups in total. The summed E-state index contributed by atoms with van der Waals surface area (Å²) in [5.74, 6) is 1.20. The predicted octanol–water partition coefficient (Wildman–Crippen LogP) is 1.63. The highest BCUT2D eigenvalue weighted by molar-refractivity contribution is 5.94. The molecule has 1 fully saturated rings. The Labute approximate surface area is 169 Å². The van der Waals surface area contributed by atoms with Crippen molar-refractivity contribution >= 4 is 28.6 Å². The fourth-order valence-corrected chi connectivity index (χ4v) is 3.54. The number of nitrogens with zero attached hydrogens (tertiary/aromatic N) is 4. The molecule has 0 spiro atoms. The molecule has 1 saturated heterocycles. The number of hydrogen-bond acceptors (Lipinski definition) is 7. The van der Waals surface area contributed by atoms with Gasteiger partial charge in [0, 0.05) is 38.3 Å². The van der Waals surface area contributed by atoms with Crippen LogP contribution in [0.4, 0.5) is 11.8 Å². The van der Waals surface area contributed by atoms with E-state index in [4.69, 9.17) is 16.2 Å². The van der Waals surface area contributed by atoms with E-state index in [0.29, 0.717) is 42.2 Å². The minimum Gasteiger partial charge on any atom is -0.491 e. The van der Waals surface area contributed by atoms with Crippen LogP contribution in [-0.2, 0) is 0 Å². The second kappa shape index (κ2) is 8.32. The topological polar surface area (TPSA) is 111 Å². The van der Waals surface area contributed by atoms with Crippen molar-refractivity contribution in [2.24, 2.45) is 0 Å². The van der Waals surface area contributed by atoms with Gasteiger partial charge in [-0.1, -0.05) is 24.3 Å². The summed E-state index contributed by atoms with van der Waals surface area (Å²) in [7, 11) is 0. The van der Waals surface area contributed by atoms with E-state index in [1.807, 2.05) is 53.4 Å². The largest absolute Gasteiger partial charge is 0.491 e. The van der Waals surface area contributed by atoms with Gasteiger partial charge in [-0.15, -0.1) is 0 Å². The highest BCUT2D eigenvalue weighted by Crippen LogP contribution is 2.29. The van der Waals surface area contributed by atoms with E-state index in [0.717, 1.165) is 25.2 Å². The van der Waals surface area contributed by atoms with E-state index >= 15 is 0 Å². The Morgan fingerprint density at radius 2 is 1.72 bits per heavy atom. The first-order valence-corrected chi connectivity index (χ1v) is 9.63. The van der Waals surface area contributed by atoms with Gasteiger partial charge in [-0.05, 0) is 24.3 Å². The van der Waals surface area contributed by atoms with E-state index < -0.39 is 0 Å². The van der Waals surface area contributed by atoms with Crippen molar-refractivity contribution in [3.63, 3.8) is 0 Å². The zero-order valence-corrected chi connectivity index (χ0v) is 16.1. The van der Waals surface area contributed by atoms with Gasteiger partial charge >= 0.3 is 0 Å². The summed E-state index contributed by atoms with van der Waals surface area (Å²) in [6.45, 7) is 4.33. The lowest BCUT2D eigenvalue weighted by molar-refractivity contribution is 0.0620. The Balaban J connectivity index is 1.31. The zero-order valence-electron chi connectivity index (χ0n) is 16.1. The number of amides is 1. The molecule has 2 aromatic carbocycles. The number of carbonyl (C=O) groups is 1. The van der Waals surface area contributed by atoms with Crippen LogP contribution >= 0.6 is 0 Å². The number of rotatable bonds is 5. The van der Waals surface area contributed by atoms with Gasteiger partial charge in [0.1, 0.15) is 18.2 Å². The molecule has 29 heavy (non-hydrogen) atoms. The van der Waals surface area contributed by atoms with E-state index in [1.165, 1.54) is 0 Å². The number of benzene rings is 2. The van der Waals surface area contributed by atoms with Crippen molar-refractivity contribution < 1.29 is 9.53 Å². The molecule has 0 saturated carbocycles. The lowest BCUT2D eigenvalue weighted by Gasteiger charge is -2.34. The first-order valence-electron chi connectivity index (χ1n) is 9.63. The Morgan fingerprint density at radius 1 is 0.966 bits per heavy atom. The average molecular weight is 392 g/mol. The number of piperazine rings is 1. The molecule has 1 aliphatic heterocycles. The van der Waals surface area contributed by atoms with Gasteiger partial charge in [-0.3, -0.25) is 9.69 Å². The lowest BCUT2D eigenvalue weighted by atomic mass is 10.2. The molecular formula is C21H24N6O2. The van der Waals surface area contributed by atoms with Gasteiger partial charge in [0.25, 0.3) is 5.91 Å². The fraction of sp³-hybridized carbons (Fsp3) is 0.286. The summed E-state index contributed by atoms with van der Waals surface area (Å²) in [6.07, 6.45) is 0. The quantitative estimate of drug-likeness (QED) is 0.679. The minimum atomic E-state index is 0.0898. The van der Waals surface area contributed by atoms with E-state index in [-0.39, 0.29) is 11.9 Å². The first kappa shape index (κ1) is 18.9. The van der Waals surface area contributed by atoms with Crippen molar-refractivity contribution in [2.75, 3.05) is 50.8 Å². The monoisotopic (exact) mass is 392 g/mol. The molecule has 8 nitrogen and oxygen atoms in total. The number of hydrogen-bond donors (Lipinski definition) is 2. The van der Waals surface area contributed by atoms with Crippen molar-refractivity contribution in [3.8, 4) is 5.75 Å². The van der Waals surface area contributed by atoms with Gasteiger partial charge in [-0.2, -0.15) is 4.98 Å². The molecule has 1 amide bonds. The Bertz CT molecular complexity index is 1000. The third-order valence-corrected chi connectivity index (χ3v) is 5.08. The highest BCUT2D eigenvalue weighted by Gasteiger charge is 2.22. The van der Waals surface area contributed by atoms with Gasteiger partial charge in [0.05, 0.1) is 10.9 Å². The highest BCUT2D eigenvalue weighted by atomic mass is 16.5. The summed E-state index contributed by atoms with van der Waals surface area (Å²) in [6, 6.07) is 15.0. The number of anilines is 2. The Hall–Kier alpha value is -3.39. The van der Waals surface area contributed by atoms with Crippen LogP contribution in [0.1, 0.15) is 10.4 Å². The van der Waals surface area contributed by atoms with Crippen LogP contribution in [0.15, 0.2) is 48.5 Å². The Morgan fingerprint density at radius 3 is 2.48 bits per heavy atom. The van der Waals surface area contributed by atoms with Crippen molar-refractivity contribution in [3.05, 3.63) is 54.1 Å². The number of nitrogen functional groups attached to an aromatic ring is 2. The van der Waals surface area contributed by atoms with Crippen molar-refractivity contribution in [1.29, 1.82) is 0 Å². The van der Waals surface area contributed by atoms with Gasteiger partial charge in [-0.25, -0.2) is 4.98 Å². The molecule has 150 valence electrons. The summed E-state index contributed by atoms with van der Waals surface area (Å²) in [4.78, 5) is 25.0. The van der Waals surface area contributed by atoms with E-state index in [2.05, 4.69) is 14.9 Å². The van der Waals surface area contributed by atoms with Crippen LogP contribution in [0, 0.1) is 0 Å². The number of nitrogens with two attached hydrogens (primary N) is 2. The molecule has 8 heteroatoms. The van der Waals surface area contributed by atoms with Gasteiger partial charge in [0.15, 0.2) is 0 Å². The molecule has 3 aromatic rings. The molecule has 0 aliphatic carbocycles. The number of carbonyl (C=O) groups excluding carboxylic acids is 1. The standard InChI is InChI=1S/C21H24N6O2/c22-19-18-16(24-21(23)25-19)7-4-8-17(18)29-14-13-26-9-11-27(12-10-26)20(28)15-5-2-1-3-6-15/h1-8H,9-14H2,(H4,22,23,24,25). The van der Waals surface area contributed by atoms with Crippen LogP contribution in [0.25, 0.3) is 10.9 Å². The molecular weight excluding hydrogens is 368 g/mol. The number of aromatic nitrogens is 2. The predicted molar refractivity (Wildman–Crippen MR) is 113 cm³/mol. The second-order valence-electron chi connectivity index (χ2n) is 6.97. The molecule has 0 bridgehead atoms. The molecule has 1 aliphatic rings. The van der Waals surface area contributed by atoms with Crippen LogP contribution in [0.2, 0.25) is 0 Å². The first-order chi connectivity index (χ1) is 14.1. The average Bonchev–Trinajstić information content (AvgIpc) is 2.74. The smallest absolute Gasteiger partial charge is 0.253 e. The Kier molecular flexibility index (Phi) is 5.44. The summed E-state index contributed by atoms with van der Waals surface area (Å²) >= 11 is 0. The fourth-order valence-electron chi connectivity index (χ4n) is 3.54. The maximum absolute atomic E-state index is 12.5. The van der Waals surface area contributed by atoms with Gasteiger partial charge in [0.2, 0.25) is 5.95 Å². The molecule has 4 rings (SSSR count). The molecule has 0 unspecified atom stereocenters. The third kappa shape index (κ3) is 4.22. The van der Waals surface area contributed by atoms with Crippen LogP contribution in [0.5, 0.6) is 5.75 Å². The zero-order chi connectivity index (χ0) is 20.2. The summed E-state index contributed by atoms with van der Waals surface area (Å²) in [5, 5.41) is 0.681. The SMILES string of the molecule is Nc1nc(N)c2c(OCCN3CCN(C(=O)c4ccccc4)CC3)cccc2n1. The van der Waals surface area contributed by atoms with Crippen LogP contribution in [-0.4, -0.2) is 65.0 Å². The molecule has 0 atom stereocenters. The van der Waals surface area contributed by atoms with Gasteiger partial charge < -0.3 is 21.1 Å². The minimum absolute atomic E-state index is 0.0898. The van der Waals surface area contributed by atoms with E-state index in [1.54, 1.807) is 0 Å². The molecule has 0 radical (unpaired) electrons. The van der Waals surface area contributed by atoms with E-state index in [9.17, 15) is 4.79 Å². The van der Waals surface area contributed by atoms with Crippen molar-refractivity contribution in [2.45, 2.75) is 0 Å². The second-order valence-corrected chi connectivity index (χ2v) is 6.97. The number of fused-ring (bicyclic) bond motifs is 1. The summed E-state index contributed by atoms with van der Waals surface area (Å²) in [5.41, 5.74) is 13.1. The summed E-state index contributed by atoms with van der Waals surface area (Å²) < 4.78 is 5.96. The van der Waals surface area contributed by atoms with Crippen molar-refractivity contribution in [1.82, 2.24) is 19.8 Å². The van der Waals surface area contributed by atoms with Crippen LogP contribution in [0.3, 0.4) is 0 Å². The maximum atomic E-state index is 12.5.